The first-order valence-electron chi connectivity index (χ1n) is 6.74. The molecule has 1 heterocycles. The number of methoxy groups -OCH3 is 2. The number of rotatable bonds is 6. The zero-order valence-electron chi connectivity index (χ0n) is 13.3. The Hall–Kier alpha value is -2.39. The molecule has 1 N–H and O–H groups in total. The maximum Gasteiger partial charge on any atom is 0.267 e. The van der Waals surface area contributed by atoms with Crippen LogP contribution >= 0.6 is 11.3 Å². The van der Waals surface area contributed by atoms with Crippen LogP contribution in [0.5, 0.6) is 11.5 Å². The van der Waals surface area contributed by atoms with Gasteiger partial charge in [0.15, 0.2) is 0 Å². The second-order valence-corrected chi connectivity index (χ2v) is 7.32. The number of nitrogens with one attached hydrogen (secondary N) is 1. The Kier molecular flexibility index (Phi) is 5.58. The topological polar surface area (TPSA) is 94.6 Å². The molecule has 1 aromatic carbocycles. The highest BCUT2D eigenvalue weighted by molar-refractivity contribution is 7.90. The van der Waals surface area contributed by atoms with Gasteiger partial charge in [0.2, 0.25) is 0 Å². The quantitative estimate of drug-likeness (QED) is 0.784. The summed E-state index contributed by atoms with van der Waals surface area (Å²) in [7, 11) is -1.29. The zero-order chi connectivity index (χ0) is 17.7. The number of benzene rings is 1. The highest BCUT2D eigenvalue weighted by atomic mass is 32.2. The lowest BCUT2D eigenvalue weighted by atomic mass is 10.3. The van der Waals surface area contributed by atoms with Crippen LogP contribution in [0.15, 0.2) is 34.6 Å². The van der Waals surface area contributed by atoms with E-state index < -0.39 is 15.9 Å². The van der Waals surface area contributed by atoms with Crippen molar-refractivity contribution in [1.82, 2.24) is 9.71 Å². The number of thiazole rings is 1. The average Bonchev–Trinajstić information content (AvgIpc) is 2.97. The van der Waals surface area contributed by atoms with E-state index in [0.717, 1.165) is 11.1 Å². The number of carbonyl (C=O) groups excluding carboxylic acids is 1. The molecule has 0 aliphatic rings. The van der Waals surface area contributed by atoms with E-state index in [4.69, 9.17) is 9.47 Å². The normalized spacial score (nSPS) is 11.5. The minimum atomic E-state index is -4.08. The lowest BCUT2D eigenvalue weighted by Crippen LogP contribution is -2.29. The summed E-state index contributed by atoms with van der Waals surface area (Å²) in [5, 5.41) is 2.62. The van der Waals surface area contributed by atoms with E-state index in [1.165, 1.54) is 49.8 Å². The van der Waals surface area contributed by atoms with Gasteiger partial charge in [0, 0.05) is 17.5 Å². The Labute approximate surface area is 144 Å². The number of hydrogen-bond donors (Lipinski definition) is 1. The summed E-state index contributed by atoms with van der Waals surface area (Å²) >= 11 is 1.43. The van der Waals surface area contributed by atoms with Gasteiger partial charge in [0.05, 0.1) is 24.9 Å². The Balaban J connectivity index is 2.18. The second kappa shape index (κ2) is 7.45. The minimum absolute atomic E-state index is 0.0776. The number of ether oxygens (including phenoxy) is 2. The Morgan fingerprint density at radius 2 is 2.04 bits per heavy atom. The monoisotopic (exact) mass is 368 g/mol. The highest BCUT2D eigenvalue weighted by Gasteiger charge is 2.21. The van der Waals surface area contributed by atoms with E-state index in [2.05, 4.69) is 4.98 Å². The van der Waals surface area contributed by atoms with E-state index in [0.29, 0.717) is 11.4 Å². The number of sulfonamides is 1. The molecule has 0 radical (unpaired) electrons. The Bertz CT molecular complexity index is 872. The summed E-state index contributed by atoms with van der Waals surface area (Å²) in [5.74, 6) is -0.261. The molecule has 0 saturated carbocycles. The summed E-state index contributed by atoms with van der Waals surface area (Å²) in [5.41, 5.74) is 0.590. The third-order valence-corrected chi connectivity index (χ3v) is 5.12. The molecular formula is C15H16N2O5S2. The molecule has 2 rings (SSSR count). The summed E-state index contributed by atoms with van der Waals surface area (Å²) in [4.78, 5) is 15.9. The molecule has 0 aliphatic carbocycles. The third-order valence-electron chi connectivity index (χ3n) is 2.94. The number of aromatic nitrogens is 1. The number of nitrogens with zero attached hydrogens (tertiary/aromatic N) is 1. The van der Waals surface area contributed by atoms with Crippen molar-refractivity contribution in [3.05, 3.63) is 40.4 Å². The molecule has 0 saturated heterocycles. The lowest BCUT2D eigenvalue weighted by molar-refractivity contribution is -0.114. The Morgan fingerprint density at radius 3 is 2.62 bits per heavy atom. The first-order chi connectivity index (χ1) is 11.4. The second-order valence-electron chi connectivity index (χ2n) is 4.61. The molecule has 9 heteroatoms. The summed E-state index contributed by atoms with van der Waals surface area (Å²) in [6.07, 6.45) is 2.56. The van der Waals surface area contributed by atoms with Crippen LogP contribution in [0, 0.1) is 6.92 Å². The molecule has 128 valence electrons. The Morgan fingerprint density at radius 1 is 1.29 bits per heavy atom. The smallest absolute Gasteiger partial charge is 0.267 e. The number of amides is 1. The zero-order valence-corrected chi connectivity index (χ0v) is 14.9. The lowest BCUT2D eigenvalue weighted by Gasteiger charge is -2.11. The van der Waals surface area contributed by atoms with Crippen LogP contribution in [-0.2, 0) is 14.8 Å². The maximum absolute atomic E-state index is 12.3. The van der Waals surface area contributed by atoms with E-state index >= 15 is 0 Å². The molecule has 0 bridgehead atoms. The maximum atomic E-state index is 12.3. The van der Waals surface area contributed by atoms with E-state index in [9.17, 15) is 13.2 Å². The van der Waals surface area contributed by atoms with Crippen molar-refractivity contribution in [1.29, 1.82) is 0 Å². The molecule has 0 unspecified atom stereocenters. The fourth-order valence-electron chi connectivity index (χ4n) is 1.84. The van der Waals surface area contributed by atoms with Crippen molar-refractivity contribution in [2.45, 2.75) is 11.8 Å². The third kappa shape index (κ3) is 4.33. The van der Waals surface area contributed by atoms with E-state index in [-0.39, 0.29) is 10.6 Å². The van der Waals surface area contributed by atoms with Gasteiger partial charge in [0.1, 0.15) is 16.4 Å². The van der Waals surface area contributed by atoms with Crippen LogP contribution in [0.2, 0.25) is 0 Å². The van der Waals surface area contributed by atoms with Gasteiger partial charge in [0.25, 0.3) is 15.9 Å². The van der Waals surface area contributed by atoms with E-state index in [1.807, 2.05) is 11.6 Å². The van der Waals surface area contributed by atoms with Gasteiger partial charge in [-0.1, -0.05) is 0 Å². The van der Waals surface area contributed by atoms with Crippen molar-refractivity contribution in [3.8, 4) is 11.5 Å². The average molecular weight is 368 g/mol. The van der Waals surface area contributed by atoms with Crippen molar-refractivity contribution >= 4 is 33.3 Å². The SMILES string of the molecule is COc1ccc(S(=O)(=O)NC(=O)/C=C/c2csc(C)n2)c(OC)c1. The van der Waals surface area contributed by atoms with Crippen LogP contribution in [0.1, 0.15) is 10.7 Å². The van der Waals surface area contributed by atoms with Crippen LogP contribution in [0.3, 0.4) is 0 Å². The summed E-state index contributed by atoms with van der Waals surface area (Å²) < 4.78 is 36.7. The molecule has 0 atom stereocenters. The van der Waals surface area contributed by atoms with Crippen LogP contribution in [-0.4, -0.2) is 33.5 Å². The van der Waals surface area contributed by atoms with Gasteiger partial charge in [-0.05, 0) is 25.1 Å². The van der Waals surface area contributed by atoms with E-state index in [1.54, 1.807) is 5.38 Å². The largest absolute Gasteiger partial charge is 0.497 e. The number of aryl methyl sites for hydroxylation is 1. The van der Waals surface area contributed by atoms with Gasteiger partial charge in [-0.3, -0.25) is 4.79 Å². The van der Waals surface area contributed by atoms with Gasteiger partial charge < -0.3 is 9.47 Å². The van der Waals surface area contributed by atoms with Gasteiger partial charge in [-0.2, -0.15) is 0 Å². The predicted octanol–water partition coefficient (Wildman–Crippen LogP) is 1.99. The van der Waals surface area contributed by atoms with Gasteiger partial charge in [-0.15, -0.1) is 11.3 Å². The minimum Gasteiger partial charge on any atom is -0.497 e. The van der Waals surface area contributed by atoms with Crippen molar-refractivity contribution in [2.75, 3.05) is 14.2 Å². The highest BCUT2D eigenvalue weighted by Crippen LogP contribution is 2.28. The molecule has 1 aromatic heterocycles. The predicted molar refractivity (Wildman–Crippen MR) is 90.8 cm³/mol. The molecule has 2 aromatic rings. The molecule has 1 amide bonds. The first kappa shape index (κ1) is 18.0. The first-order valence-corrected chi connectivity index (χ1v) is 9.11. The molecular weight excluding hydrogens is 352 g/mol. The van der Waals surface area contributed by atoms with Gasteiger partial charge >= 0.3 is 0 Å². The summed E-state index contributed by atoms with van der Waals surface area (Å²) in [6.45, 7) is 1.84. The van der Waals surface area contributed by atoms with Crippen molar-refractivity contribution in [3.63, 3.8) is 0 Å². The molecule has 24 heavy (non-hydrogen) atoms. The molecule has 0 spiro atoms. The van der Waals surface area contributed by atoms with Crippen LogP contribution in [0.4, 0.5) is 0 Å². The number of hydrogen-bond acceptors (Lipinski definition) is 7. The number of carbonyl (C=O) groups is 1. The van der Waals surface area contributed by atoms with Gasteiger partial charge in [-0.25, -0.2) is 18.1 Å². The molecule has 0 aliphatic heterocycles. The standard InChI is InChI=1S/C15H16N2O5S2/c1-10-16-11(9-23-10)4-7-15(18)17-24(19,20)14-6-5-12(21-2)8-13(14)22-3/h4-9H,1-3H3,(H,17,18)/b7-4+. The fourth-order valence-corrected chi connectivity index (χ4v) is 3.51. The van der Waals surface area contributed by atoms with Crippen molar-refractivity contribution in [2.24, 2.45) is 0 Å². The fraction of sp³-hybridized carbons (Fsp3) is 0.200. The van der Waals surface area contributed by atoms with Crippen molar-refractivity contribution < 1.29 is 22.7 Å². The molecule has 7 nitrogen and oxygen atoms in total. The molecule has 0 fully saturated rings. The van der Waals surface area contributed by atoms with Crippen LogP contribution in [0.25, 0.3) is 6.08 Å². The summed E-state index contributed by atoms with van der Waals surface area (Å²) in [6, 6.07) is 4.20. The van der Waals surface area contributed by atoms with Crippen LogP contribution < -0.4 is 14.2 Å².